The first-order valence-electron chi connectivity index (χ1n) is 9.28. The average molecular weight is 393 g/mol. The summed E-state index contributed by atoms with van der Waals surface area (Å²) in [5, 5.41) is 16.0. The molecular weight excluding hydrogens is 368 g/mol. The number of benzene rings is 1. The van der Waals surface area contributed by atoms with E-state index in [0.717, 1.165) is 18.4 Å². The van der Waals surface area contributed by atoms with Gasteiger partial charge in [0.2, 0.25) is 11.8 Å². The Labute approximate surface area is 163 Å². The van der Waals surface area contributed by atoms with Crippen LogP contribution in [0.3, 0.4) is 0 Å². The summed E-state index contributed by atoms with van der Waals surface area (Å²) in [6, 6.07) is 6.90. The van der Waals surface area contributed by atoms with Crippen LogP contribution >= 0.6 is 11.6 Å². The van der Waals surface area contributed by atoms with E-state index in [9.17, 15) is 14.7 Å². The van der Waals surface area contributed by atoms with E-state index in [0.29, 0.717) is 23.9 Å². The Morgan fingerprint density at radius 3 is 2.52 bits per heavy atom. The van der Waals surface area contributed by atoms with Crippen LogP contribution in [0, 0.1) is 5.92 Å². The van der Waals surface area contributed by atoms with Gasteiger partial charge in [0.25, 0.3) is 0 Å². The fourth-order valence-electron chi connectivity index (χ4n) is 3.02. The molecule has 1 aromatic carbocycles. The number of nitrogens with one attached hydrogen (secondary N) is 2. The minimum atomic E-state index is -0.549. The van der Waals surface area contributed by atoms with Crippen molar-refractivity contribution in [3.05, 3.63) is 47.0 Å². The molecule has 0 radical (unpaired) electrons. The molecule has 0 unspecified atom stereocenters. The zero-order chi connectivity index (χ0) is 19.2. The molecule has 7 heteroatoms. The van der Waals surface area contributed by atoms with Crippen molar-refractivity contribution < 1.29 is 19.4 Å². The van der Waals surface area contributed by atoms with Gasteiger partial charge in [0.15, 0.2) is 0 Å². The molecule has 3 rings (SSSR count). The van der Waals surface area contributed by atoms with Crippen LogP contribution in [0.15, 0.2) is 36.4 Å². The molecule has 1 aliphatic carbocycles. The first-order chi connectivity index (χ1) is 13.0. The second kappa shape index (κ2) is 9.35. The Kier molecular flexibility index (Phi) is 6.88. The van der Waals surface area contributed by atoms with Crippen LogP contribution in [0.4, 0.5) is 0 Å². The SMILES string of the molecule is O=C(C[C@@H]1C=C[C@@H](NC(=O)CC2CC2)[C@H](CO)O1)NCc1ccc(Cl)cc1. The van der Waals surface area contributed by atoms with Crippen LogP contribution in [0.25, 0.3) is 0 Å². The molecule has 1 aliphatic heterocycles. The van der Waals surface area contributed by atoms with Crippen LogP contribution < -0.4 is 10.6 Å². The van der Waals surface area contributed by atoms with E-state index in [2.05, 4.69) is 10.6 Å². The predicted molar refractivity (Wildman–Crippen MR) is 102 cm³/mol. The highest BCUT2D eigenvalue weighted by atomic mass is 35.5. The Bertz CT molecular complexity index is 688. The summed E-state index contributed by atoms with van der Waals surface area (Å²) in [5.41, 5.74) is 0.958. The molecule has 3 N–H and O–H groups in total. The van der Waals surface area contributed by atoms with Gasteiger partial charge in [0, 0.05) is 18.0 Å². The lowest BCUT2D eigenvalue weighted by Crippen LogP contribution is -2.49. The van der Waals surface area contributed by atoms with Crippen molar-refractivity contribution in [1.82, 2.24) is 10.6 Å². The van der Waals surface area contributed by atoms with Gasteiger partial charge >= 0.3 is 0 Å². The van der Waals surface area contributed by atoms with Gasteiger partial charge in [-0.1, -0.05) is 35.9 Å². The molecule has 0 spiro atoms. The third-order valence-corrected chi connectivity index (χ3v) is 5.00. The third kappa shape index (κ3) is 6.34. The van der Waals surface area contributed by atoms with E-state index in [1.54, 1.807) is 18.2 Å². The molecule has 1 fully saturated rings. The van der Waals surface area contributed by atoms with Crippen LogP contribution in [-0.2, 0) is 20.9 Å². The Balaban J connectivity index is 1.45. The summed E-state index contributed by atoms with van der Waals surface area (Å²) in [6.07, 6.45) is 5.52. The average Bonchev–Trinajstić information content (AvgIpc) is 3.46. The quantitative estimate of drug-likeness (QED) is 0.590. The number of aliphatic hydroxyl groups excluding tert-OH is 1. The highest BCUT2D eigenvalue weighted by molar-refractivity contribution is 6.30. The molecule has 0 aromatic heterocycles. The zero-order valence-corrected chi connectivity index (χ0v) is 15.8. The number of hydrogen-bond donors (Lipinski definition) is 3. The normalized spacial score (nSPS) is 24.4. The topological polar surface area (TPSA) is 87.7 Å². The number of halogens is 1. The maximum atomic E-state index is 12.2. The highest BCUT2D eigenvalue weighted by Crippen LogP contribution is 2.32. The molecule has 146 valence electrons. The van der Waals surface area contributed by atoms with Crippen molar-refractivity contribution in [3.63, 3.8) is 0 Å². The molecule has 6 nitrogen and oxygen atoms in total. The Hall–Kier alpha value is -1.89. The maximum Gasteiger partial charge on any atom is 0.223 e. The summed E-state index contributed by atoms with van der Waals surface area (Å²) in [4.78, 5) is 24.1. The van der Waals surface area contributed by atoms with Crippen LogP contribution in [0.1, 0.15) is 31.2 Å². The number of amides is 2. The highest BCUT2D eigenvalue weighted by Gasteiger charge is 2.31. The molecule has 1 aromatic rings. The van der Waals surface area contributed by atoms with E-state index in [4.69, 9.17) is 16.3 Å². The van der Waals surface area contributed by atoms with Gasteiger partial charge in [-0.25, -0.2) is 0 Å². The lowest BCUT2D eigenvalue weighted by atomic mass is 10.0. The monoisotopic (exact) mass is 392 g/mol. The summed E-state index contributed by atoms with van der Waals surface area (Å²) in [5.74, 6) is 0.337. The van der Waals surface area contributed by atoms with Crippen LogP contribution in [-0.4, -0.2) is 41.8 Å². The van der Waals surface area contributed by atoms with Crippen molar-refractivity contribution in [2.24, 2.45) is 5.92 Å². The number of carbonyl (C=O) groups is 2. The number of ether oxygens (including phenoxy) is 1. The Morgan fingerprint density at radius 2 is 1.85 bits per heavy atom. The molecule has 2 amide bonds. The summed E-state index contributed by atoms with van der Waals surface area (Å²) in [7, 11) is 0. The van der Waals surface area contributed by atoms with Crippen LogP contribution in [0.5, 0.6) is 0 Å². The summed E-state index contributed by atoms with van der Waals surface area (Å²) in [6.45, 7) is 0.192. The van der Waals surface area contributed by atoms with Gasteiger partial charge in [0.1, 0.15) is 6.10 Å². The molecule has 3 atom stereocenters. The zero-order valence-electron chi connectivity index (χ0n) is 15.1. The van der Waals surface area contributed by atoms with Gasteiger partial charge < -0.3 is 20.5 Å². The van der Waals surface area contributed by atoms with Gasteiger partial charge in [0.05, 0.1) is 25.2 Å². The van der Waals surface area contributed by atoms with Crippen molar-refractivity contribution in [2.45, 2.75) is 50.5 Å². The second-order valence-corrected chi connectivity index (χ2v) is 7.57. The smallest absolute Gasteiger partial charge is 0.223 e. The van der Waals surface area contributed by atoms with Gasteiger partial charge in [-0.2, -0.15) is 0 Å². The fraction of sp³-hybridized carbons (Fsp3) is 0.500. The molecule has 1 heterocycles. The molecule has 2 aliphatic rings. The molecular formula is C20H25ClN2O4. The number of rotatable bonds is 8. The minimum Gasteiger partial charge on any atom is -0.394 e. The molecule has 0 saturated heterocycles. The summed E-state index contributed by atoms with van der Waals surface area (Å²) < 4.78 is 5.78. The standard InChI is InChI=1S/C20H25ClN2O4/c21-15-5-3-14(4-6-15)11-22-19(25)10-16-7-8-17(18(12-24)27-16)23-20(26)9-13-1-2-13/h3-8,13,16-18,24H,1-2,9-12H2,(H,22,25)(H,23,26)/t16-,17+,18-/m0/s1. The lowest BCUT2D eigenvalue weighted by Gasteiger charge is -2.31. The van der Waals surface area contributed by atoms with Crippen molar-refractivity contribution in [3.8, 4) is 0 Å². The van der Waals surface area contributed by atoms with E-state index in [-0.39, 0.29) is 30.9 Å². The fourth-order valence-corrected chi connectivity index (χ4v) is 3.15. The second-order valence-electron chi connectivity index (χ2n) is 7.13. The third-order valence-electron chi connectivity index (χ3n) is 4.75. The predicted octanol–water partition coefficient (Wildman–Crippen LogP) is 1.95. The molecule has 1 saturated carbocycles. The number of hydrogen-bond acceptors (Lipinski definition) is 4. The lowest BCUT2D eigenvalue weighted by molar-refractivity contribution is -0.128. The maximum absolute atomic E-state index is 12.2. The Morgan fingerprint density at radius 1 is 1.11 bits per heavy atom. The van der Waals surface area contributed by atoms with Crippen molar-refractivity contribution in [1.29, 1.82) is 0 Å². The number of carbonyl (C=O) groups excluding carboxylic acids is 2. The van der Waals surface area contributed by atoms with Gasteiger partial charge in [-0.3, -0.25) is 9.59 Å². The largest absolute Gasteiger partial charge is 0.394 e. The van der Waals surface area contributed by atoms with Crippen LogP contribution in [0.2, 0.25) is 5.02 Å². The van der Waals surface area contributed by atoms with Crippen molar-refractivity contribution in [2.75, 3.05) is 6.61 Å². The summed E-state index contributed by atoms with van der Waals surface area (Å²) >= 11 is 5.84. The minimum absolute atomic E-state index is 0.0200. The van der Waals surface area contributed by atoms with E-state index < -0.39 is 12.2 Å². The molecule has 27 heavy (non-hydrogen) atoms. The van der Waals surface area contributed by atoms with E-state index in [1.807, 2.05) is 18.2 Å². The van der Waals surface area contributed by atoms with E-state index in [1.165, 1.54) is 0 Å². The van der Waals surface area contributed by atoms with Gasteiger partial charge in [-0.15, -0.1) is 0 Å². The van der Waals surface area contributed by atoms with Crippen molar-refractivity contribution >= 4 is 23.4 Å². The van der Waals surface area contributed by atoms with E-state index >= 15 is 0 Å². The first-order valence-corrected chi connectivity index (χ1v) is 9.66. The number of aliphatic hydroxyl groups is 1. The molecule has 0 bridgehead atoms. The first kappa shape index (κ1) is 19.9. The van der Waals surface area contributed by atoms with Gasteiger partial charge in [-0.05, 0) is 36.5 Å².